The lowest BCUT2D eigenvalue weighted by Crippen LogP contribution is -2.45. The number of ether oxygens (including phenoxy) is 1. The fraction of sp³-hybridized carbons (Fsp3) is 0.918. The van der Waals surface area contributed by atoms with Crippen molar-refractivity contribution >= 4 is 11.9 Å². The topological polar surface area (TPSA) is 95.9 Å². The van der Waals surface area contributed by atoms with Gasteiger partial charge in [-0.2, -0.15) is 0 Å². The van der Waals surface area contributed by atoms with Crippen molar-refractivity contribution in [3.8, 4) is 0 Å². The van der Waals surface area contributed by atoms with E-state index in [-0.39, 0.29) is 18.5 Å². The Morgan fingerprint density at radius 3 is 0.911 bits per heavy atom. The Hall–Kier alpha value is -1.66. The molecule has 468 valence electrons. The predicted molar refractivity (Wildman–Crippen MR) is 347 cm³/mol. The standard InChI is InChI=1S/C73H141NO5/c1-3-5-7-9-11-13-15-42-47-51-55-59-63-67-73(78)79-68-64-60-56-52-48-44-41-39-37-35-33-31-29-27-25-23-21-19-17-18-20-22-24-26-28-30-32-34-36-38-40-43-46-50-54-58-62-66-72(77)74-70(69-75)71(76)65-61-57-53-49-45-16-14-12-10-8-6-4-2/h13,15,61,65,70-71,75-76H,3-12,14,16-60,62-64,66-69H2,1-2H3,(H,74,77)/b15-13-,65-61+. The summed E-state index contributed by atoms with van der Waals surface area (Å²) in [4.78, 5) is 24.5. The molecule has 6 nitrogen and oxygen atoms in total. The van der Waals surface area contributed by atoms with E-state index in [0.29, 0.717) is 19.4 Å². The maximum atomic E-state index is 12.5. The maximum Gasteiger partial charge on any atom is 0.305 e. The molecule has 3 N–H and O–H groups in total. The molecular weight excluding hydrogens is 971 g/mol. The van der Waals surface area contributed by atoms with Crippen molar-refractivity contribution in [1.82, 2.24) is 5.32 Å². The first-order chi connectivity index (χ1) is 39.0. The summed E-state index contributed by atoms with van der Waals surface area (Å²) < 4.78 is 5.49. The molecule has 0 bridgehead atoms. The van der Waals surface area contributed by atoms with Gasteiger partial charge in [0.25, 0.3) is 0 Å². The molecule has 0 aromatic rings. The lowest BCUT2D eigenvalue weighted by Gasteiger charge is -2.20. The largest absolute Gasteiger partial charge is 0.466 e. The summed E-state index contributed by atoms with van der Waals surface area (Å²) in [6.45, 7) is 4.91. The average molecular weight is 1110 g/mol. The molecule has 0 saturated carbocycles. The van der Waals surface area contributed by atoms with Gasteiger partial charge in [0, 0.05) is 12.8 Å². The molecule has 0 radical (unpaired) electrons. The summed E-state index contributed by atoms with van der Waals surface area (Å²) in [5, 5.41) is 23.1. The van der Waals surface area contributed by atoms with Gasteiger partial charge in [-0.1, -0.05) is 359 Å². The van der Waals surface area contributed by atoms with Crippen LogP contribution in [0.3, 0.4) is 0 Å². The van der Waals surface area contributed by atoms with Gasteiger partial charge in [-0.05, 0) is 57.8 Å². The van der Waals surface area contributed by atoms with E-state index in [2.05, 4.69) is 31.3 Å². The summed E-state index contributed by atoms with van der Waals surface area (Å²) in [5.74, 6) is -0.0467. The fourth-order valence-electron chi connectivity index (χ4n) is 11.5. The minimum Gasteiger partial charge on any atom is -0.466 e. The molecule has 0 fully saturated rings. The molecule has 0 aliphatic rings. The zero-order valence-corrected chi connectivity index (χ0v) is 53.6. The Kier molecular flexibility index (Phi) is 67.4. The Labute approximate surface area is 494 Å². The molecule has 0 heterocycles. The minimum absolute atomic E-state index is 0.0143. The number of carbonyl (C=O) groups excluding carboxylic acids is 2. The molecule has 0 spiro atoms. The number of amides is 1. The quantitative estimate of drug-likeness (QED) is 0.0320. The number of allylic oxidation sites excluding steroid dienone is 3. The number of hydrogen-bond donors (Lipinski definition) is 3. The van der Waals surface area contributed by atoms with E-state index in [4.69, 9.17) is 4.74 Å². The highest BCUT2D eigenvalue weighted by atomic mass is 16.5. The van der Waals surface area contributed by atoms with Gasteiger partial charge in [0.2, 0.25) is 5.91 Å². The van der Waals surface area contributed by atoms with Crippen LogP contribution in [0.2, 0.25) is 0 Å². The Morgan fingerprint density at radius 1 is 0.342 bits per heavy atom. The summed E-state index contributed by atoms with van der Waals surface area (Å²) in [6.07, 6.45) is 87.2. The van der Waals surface area contributed by atoms with Crippen molar-refractivity contribution in [3.63, 3.8) is 0 Å². The normalized spacial score (nSPS) is 12.6. The van der Waals surface area contributed by atoms with E-state index in [1.54, 1.807) is 6.08 Å². The van der Waals surface area contributed by atoms with Crippen LogP contribution in [0.15, 0.2) is 24.3 Å². The third-order valence-corrected chi connectivity index (χ3v) is 17.0. The molecular formula is C73H141NO5. The van der Waals surface area contributed by atoms with E-state index in [1.807, 2.05) is 6.08 Å². The molecule has 1 amide bonds. The highest BCUT2D eigenvalue weighted by molar-refractivity contribution is 5.76. The second kappa shape index (κ2) is 68.8. The highest BCUT2D eigenvalue weighted by Gasteiger charge is 2.18. The van der Waals surface area contributed by atoms with Gasteiger partial charge in [-0.15, -0.1) is 0 Å². The molecule has 0 saturated heterocycles. The number of rotatable bonds is 68. The van der Waals surface area contributed by atoms with Crippen LogP contribution < -0.4 is 5.32 Å². The van der Waals surface area contributed by atoms with Crippen LogP contribution in [0.25, 0.3) is 0 Å². The van der Waals surface area contributed by atoms with Crippen LogP contribution in [-0.2, 0) is 14.3 Å². The molecule has 0 aromatic heterocycles. The van der Waals surface area contributed by atoms with Gasteiger partial charge in [0.1, 0.15) is 0 Å². The van der Waals surface area contributed by atoms with Crippen molar-refractivity contribution in [2.45, 2.75) is 418 Å². The van der Waals surface area contributed by atoms with E-state index in [9.17, 15) is 19.8 Å². The zero-order valence-electron chi connectivity index (χ0n) is 53.6. The molecule has 2 atom stereocenters. The van der Waals surface area contributed by atoms with Gasteiger partial charge in [0.15, 0.2) is 0 Å². The Bertz CT molecular complexity index is 1230. The Morgan fingerprint density at radius 2 is 0.595 bits per heavy atom. The molecule has 0 aromatic carbocycles. The maximum absolute atomic E-state index is 12.5. The third-order valence-electron chi connectivity index (χ3n) is 17.0. The smallest absolute Gasteiger partial charge is 0.305 e. The number of aliphatic hydroxyl groups is 2. The minimum atomic E-state index is -0.839. The lowest BCUT2D eigenvalue weighted by atomic mass is 10.0. The third kappa shape index (κ3) is 65.4. The SMILES string of the molecule is CCCCCC/C=C\CCCCCCCC(=O)OCCCCCCCCCCCCCCCCCCCCCCCCCCCCCCCCCCCCCCCC(=O)NC(CO)C(O)/C=C/CCCCCCCCCCCC. The van der Waals surface area contributed by atoms with Crippen molar-refractivity contribution in [1.29, 1.82) is 0 Å². The highest BCUT2D eigenvalue weighted by Crippen LogP contribution is 2.19. The van der Waals surface area contributed by atoms with Crippen LogP contribution in [-0.4, -0.2) is 47.4 Å². The first-order valence-corrected chi connectivity index (χ1v) is 36.1. The van der Waals surface area contributed by atoms with E-state index in [0.717, 1.165) is 44.9 Å². The van der Waals surface area contributed by atoms with Gasteiger partial charge in [-0.25, -0.2) is 0 Å². The molecule has 0 aliphatic carbocycles. The van der Waals surface area contributed by atoms with E-state index in [1.165, 1.54) is 334 Å². The number of unbranched alkanes of at least 4 members (excludes halogenated alkanes) is 55. The first kappa shape index (κ1) is 77.3. The molecule has 2 unspecified atom stereocenters. The number of nitrogens with one attached hydrogen (secondary N) is 1. The number of esters is 1. The zero-order chi connectivity index (χ0) is 57.1. The van der Waals surface area contributed by atoms with Crippen LogP contribution in [0.5, 0.6) is 0 Å². The monoisotopic (exact) mass is 1110 g/mol. The second-order valence-corrected chi connectivity index (χ2v) is 24.9. The predicted octanol–water partition coefficient (Wildman–Crippen LogP) is 23.3. The lowest BCUT2D eigenvalue weighted by molar-refractivity contribution is -0.143. The molecule has 79 heavy (non-hydrogen) atoms. The molecule has 0 rings (SSSR count). The summed E-state index contributed by atoms with van der Waals surface area (Å²) in [7, 11) is 0. The van der Waals surface area contributed by atoms with E-state index >= 15 is 0 Å². The summed E-state index contributed by atoms with van der Waals surface area (Å²) >= 11 is 0. The van der Waals surface area contributed by atoms with Crippen molar-refractivity contribution in [3.05, 3.63) is 24.3 Å². The first-order valence-electron chi connectivity index (χ1n) is 36.1. The Balaban J connectivity index is 3.29. The van der Waals surface area contributed by atoms with E-state index < -0.39 is 12.1 Å². The van der Waals surface area contributed by atoms with Crippen LogP contribution in [0, 0.1) is 0 Å². The molecule has 0 aliphatic heterocycles. The van der Waals surface area contributed by atoms with Gasteiger partial charge in [-0.3, -0.25) is 9.59 Å². The summed E-state index contributed by atoms with van der Waals surface area (Å²) in [6, 6.07) is -0.622. The number of carbonyl (C=O) groups is 2. The van der Waals surface area contributed by atoms with Crippen molar-refractivity contribution in [2.75, 3.05) is 13.2 Å². The second-order valence-electron chi connectivity index (χ2n) is 24.9. The van der Waals surface area contributed by atoms with Crippen LogP contribution in [0.4, 0.5) is 0 Å². The number of aliphatic hydroxyl groups excluding tert-OH is 2. The van der Waals surface area contributed by atoms with Crippen LogP contribution in [0.1, 0.15) is 406 Å². The fourth-order valence-corrected chi connectivity index (χ4v) is 11.5. The summed E-state index contributed by atoms with van der Waals surface area (Å²) in [5.41, 5.74) is 0. The number of hydrogen-bond acceptors (Lipinski definition) is 5. The van der Waals surface area contributed by atoms with Gasteiger partial charge < -0.3 is 20.3 Å². The van der Waals surface area contributed by atoms with Crippen molar-refractivity contribution < 1.29 is 24.5 Å². The van der Waals surface area contributed by atoms with Crippen LogP contribution >= 0.6 is 0 Å². The van der Waals surface area contributed by atoms with Gasteiger partial charge in [0.05, 0.1) is 25.4 Å². The van der Waals surface area contributed by atoms with Crippen molar-refractivity contribution in [2.24, 2.45) is 0 Å². The molecule has 6 heteroatoms. The van der Waals surface area contributed by atoms with Gasteiger partial charge >= 0.3 is 5.97 Å². The average Bonchev–Trinajstić information content (AvgIpc) is 3.45.